The molecule has 1 heterocycles. The van der Waals surface area contributed by atoms with Crippen LogP contribution in [0.2, 0.25) is 0 Å². The van der Waals surface area contributed by atoms with E-state index in [1.807, 2.05) is 0 Å². The Balaban J connectivity index is 2.78. The lowest BCUT2D eigenvalue weighted by Crippen LogP contribution is -2.34. The molecule has 1 aromatic heterocycles. The van der Waals surface area contributed by atoms with E-state index in [-0.39, 0.29) is 17.8 Å². The van der Waals surface area contributed by atoms with Crippen LogP contribution in [-0.4, -0.2) is 28.1 Å². The van der Waals surface area contributed by atoms with Crippen LogP contribution in [0.4, 0.5) is 0 Å². The maximum absolute atomic E-state index is 11.3. The molecule has 1 aromatic rings. The summed E-state index contributed by atoms with van der Waals surface area (Å²) in [5.41, 5.74) is 4.58. The number of aromatic nitrogens is 2. The summed E-state index contributed by atoms with van der Waals surface area (Å²) in [6.45, 7) is -0.261. The van der Waals surface area contributed by atoms with Crippen molar-refractivity contribution in [1.82, 2.24) is 15.1 Å². The van der Waals surface area contributed by atoms with Gasteiger partial charge in [-0.3, -0.25) is 14.4 Å². The molecule has 0 spiro atoms. The maximum Gasteiger partial charge on any atom is 0.272 e. The number of aryl methyl sites for hydroxylation is 1. The third kappa shape index (κ3) is 2.90. The Morgan fingerprint density at radius 1 is 1.53 bits per heavy atom. The number of hydrogen-bond donors (Lipinski definition) is 2. The van der Waals surface area contributed by atoms with Crippen molar-refractivity contribution in [1.29, 1.82) is 0 Å². The fourth-order valence-corrected chi connectivity index (χ4v) is 0.881. The molecular formula is C8H10N4O3. The molecule has 0 aliphatic carbocycles. The fourth-order valence-electron chi connectivity index (χ4n) is 0.881. The minimum absolute atomic E-state index is 0.0540. The molecule has 0 aliphatic heterocycles. The van der Waals surface area contributed by atoms with Gasteiger partial charge in [0.1, 0.15) is 5.69 Å². The smallest absolute Gasteiger partial charge is 0.272 e. The quantitative estimate of drug-likeness (QED) is 0.601. The topological polar surface area (TPSA) is 107 Å². The van der Waals surface area contributed by atoms with Crippen molar-refractivity contribution in [3.05, 3.63) is 28.2 Å². The van der Waals surface area contributed by atoms with Crippen molar-refractivity contribution in [3.8, 4) is 0 Å². The fraction of sp³-hybridized carbons (Fsp3) is 0.250. The van der Waals surface area contributed by atoms with Crippen LogP contribution in [0.5, 0.6) is 0 Å². The molecule has 80 valence electrons. The summed E-state index contributed by atoms with van der Waals surface area (Å²) in [6, 6.07) is 2.49. The summed E-state index contributed by atoms with van der Waals surface area (Å²) >= 11 is 0. The molecule has 3 N–H and O–H groups in total. The van der Waals surface area contributed by atoms with Crippen LogP contribution < -0.4 is 16.6 Å². The van der Waals surface area contributed by atoms with Crippen molar-refractivity contribution in [2.24, 2.45) is 12.8 Å². The predicted molar refractivity (Wildman–Crippen MR) is 51.0 cm³/mol. The Bertz CT molecular complexity index is 451. The number of primary amides is 1. The highest BCUT2D eigenvalue weighted by Crippen LogP contribution is 1.88. The van der Waals surface area contributed by atoms with E-state index in [0.717, 1.165) is 4.68 Å². The highest BCUT2D eigenvalue weighted by atomic mass is 16.2. The first-order valence-electron chi connectivity index (χ1n) is 4.11. The first-order valence-corrected chi connectivity index (χ1v) is 4.11. The Kier molecular flexibility index (Phi) is 3.17. The second-order valence-corrected chi connectivity index (χ2v) is 2.83. The number of carbonyl (C=O) groups excluding carboxylic acids is 2. The van der Waals surface area contributed by atoms with Crippen LogP contribution in [0.25, 0.3) is 0 Å². The number of nitrogens with zero attached hydrogens (tertiary/aromatic N) is 2. The molecule has 0 saturated heterocycles. The Morgan fingerprint density at radius 3 is 2.73 bits per heavy atom. The lowest BCUT2D eigenvalue weighted by molar-refractivity contribution is -0.117. The number of nitrogens with one attached hydrogen (secondary N) is 1. The molecule has 7 nitrogen and oxygen atoms in total. The standard InChI is InChI=1S/C8H10N4O3/c1-12-7(14)3-2-5(11-12)8(15)10-4-6(9)13/h2-3H,4H2,1H3,(H2,9,13)(H,10,15). The molecule has 0 fully saturated rings. The normalized spacial score (nSPS) is 9.67. The van der Waals surface area contributed by atoms with Gasteiger partial charge in [0.2, 0.25) is 5.91 Å². The summed E-state index contributed by atoms with van der Waals surface area (Å²) in [5, 5.41) is 5.94. The largest absolute Gasteiger partial charge is 0.368 e. The van der Waals surface area contributed by atoms with Crippen LogP contribution in [-0.2, 0) is 11.8 Å². The van der Waals surface area contributed by atoms with E-state index in [4.69, 9.17) is 5.73 Å². The SMILES string of the molecule is Cn1nc(C(=O)NCC(N)=O)ccc1=O. The molecular weight excluding hydrogens is 200 g/mol. The van der Waals surface area contributed by atoms with Crippen LogP contribution in [0, 0.1) is 0 Å². The van der Waals surface area contributed by atoms with Gasteiger partial charge >= 0.3 is 0 Å². The number of amides is 2. The zero-order chi connectivity index (χ0) is 11.4. The van der Waals surface area contributed by atoms with E-state index in [1.165, 1.54) is 19.2 Å². The van der Waals surface area contributed by atoms with Crippen LogP contribution >= 0.6 is 0 Å². The predicted octanol–water partition coefficient (Wildman–Crippen LogP) is -2.00. The van der Waals surface area contributed by atoms with E-state index in [0.29, 0.717) is 0 Å². The summed E-state index contributed by atoms with van der Waals surface area (Å²) in [4.78, 5) is 32.7. The lowest BCUT2D eigenvalue weighted by atomic mass is 10.3. The van der Waals surface area contributed by atoms with Gasteiger partial charge in [-0.25, -0.2) is 4.68 Å². The second-order valence-electron chi connectivity index (χ2n) is 2.83. The molecule has 1 rings (SSSR count). The Labute approximate surface area is 84.9 Å². The van der Waals surface area contributed by atoms with E-state index in [1.54, 1.807) is 0 Å². The average Bonchev–Trinajstić information content (AvgIpc) is 2.18. The zero-order valence-corrected chi connectivity index (χ0v) is 8.06. The van der Waals surface area contributed by atoms with E-state index >= 15 is 0 Å². The molecule has 0 atom stereocenters. The van der Waals surface area contributed by atoms with Gasteiger partial charge in [-0.2, -0.15) is 5.10 Å². The summed E-state index contributed by atoms with van der Waals surface area (Å²) in [6.07, 6.45) is 0. The van der Waals surface area contributed by atoms with E-state index in [9.17, 15) is 14.4 Å². The van der Waals surface area contributed by atoms with E-state index < -0.39 is 11.8 Å². The minimum atomic E-state index is -0.645. The summed E-state index contributed by atoms with van der Waals surface area (Å²) in [5.74, 6) is -1.20. The second kappa shape index (κ2) is 4.36. The molecule has 0 aromatic carbocycles. The average molecular weight is 210 g/mol. The molecule has 0 saturated carbocycles. The minimum Gasteiger partial charge on any atom is -0.368 e. The van der Waals surface area contributed by atoms with Gasteiger partial charge in [-0.1, -0.05) is 0 Å². The molecule has 0 bridgehead atoms. The van der Waals surface area contributed by atoms with Crippen molar-refractivity contribution in [2.75, 3.05) is 6.54 Å². The molecule has 0 radical (unpaired) electrons. The number of carbonyl (C=O) groups is 2. The lowest BCUT2D eigenvalue weighted by Gasteiger charge is -2.02. The highest BCUT2D eigenvalue weighted by Gasteiger charge is 2.08. The van der Waals surface area contributed by atoms with Gasteiger partial charge < -0.3 is 11.1 Å². The van der Waals surface area contributed by atoms with Crippen LogP contribution in [0.1, 0.15) is 10.5 Å². The Morgan fingerprint density at radius 2 is 2.20 bits per heavy atom. The van der Waals surface area contributed by atoms with Crippen molar-refractivity contribution < 1.29 is 9.59 Å². The van der Waals surface area contributed by atoms with Crippen LogP contribution in [0.3, 0.4) is 0 Å². The molecule has 2 amide bonds. The third-order valence-corrected chi connectivity index (χ3v) is 1.62. The molecule has 0 unspecified atom stereocenters. The van der Waals surface area contributed by atoms with Crippen molar-refractivity contribution >= 4 is 11.8 Å². The number of rotatable bonds is 3. The summed E-state index contributed by atoms with van der Waals surface area (Å²) in [7, 11) is 1.42. The van der Waals surface area contributed by atoms with Crippen LogP contribution in [0.15, 0.2) is 16.9 Å². The highest BCUT2D eigenvalue weighted by molar-refractivity contribution is 5.94. The molecule has 0 aliphatic rings. The van der Waals surface area contributed by atoms with Gasteiger partial charge in [0.15, 0.2) is 0 Å². The molecule has 15 heavy (non-hydrogen) atoms. The van der Waals surface area contributed by atoms with Gasteiger partial charge in [0.25, 0.3) is 11.5 Å². The van der Waals surface area contributed by atoms with Gasteiger partial charge in [-0.15, -0.1) is 0 Å². The van der Waals surface area contributed by atoms with Gasteiger partial charge in [0, 0.05) is 13.1 Å². The molecule has 7 heteroatoms. The first kappa shape index (κ1) is 10.9. The van der Waals surface area contributed by atoms with Gasteiger partial charge in [-0.05, 0) is 6.07 Å². The van der Waals surface area contributed by atoms with Crippen molar-refractivity contribution in [3.63, 3.8) is 0 Å². The van der Waals surface area contributed by atoms with Crippen molar-refractivity contribution in [2.45, 2.75) is 0 Å². The van der Waals surface area contributed by atoms with Gasteiger partial charge in [0.05, 0.1) is 6.54 Å². The third-order valence-electron chi connectivity index (χ3n) is 1.62. The number of hydrogen-bond acceptors (Lipinski definition) is 4. The monoisotopic (exact) mass is 210 g/mol. The summed E-state index contributed by atoms with van der Waals surface area (Å²) < 4.78 is 1.03. The maximum atomic E-state index is 11.3. The van der Waals surface area contributed by atoms with E-state index in [2.05, 4.69) is 10.4 Å². The Hall–Kier alpha value is -2.18. The zero-order valence-electron chi connectivity index (χ0n) is 8.06. The number of nitrogens with two attached hydrogens (primary N) is 1. The first-order chi connectivity index (χ1) is 7.00.